The molecule has 0 fully saturated rings. The summed E-state index contributed by atoms with van der Waals surface area (Å²) < 4.78 is 5.47. The highest BCUT2D eigenvalue weighted by Crippen LogP contribution is 2.31. The molecule has 0 amide bonds. The largest absolute Gasteiger partial charge is 0.489 e. The van der Waals surface area contributed by atoms with E-state index < -0.39 is 9.85 Å². The van der Waals surface area contributed by atoms with E-state index in [1.165, 1.54) is 12.1 Å². The molecular weight excluding hydrogens is 314 g/mol. The van der Waals surface area contributed by atoms with E-state index >= 15 is 0 Å². The smallest absolute Gasteiger partial charge is 0.299 e. The Kier molecular flexibility index (Phi) is 5.10. The summed E-state index contributed by atoms with van der Waals surface area (Å²) in [5.41, 5.74) is 0.942. The van der Waals surface area contributed by atoms with Crippen molar-refractivity contribution in [1.82, 2.24) is 0 Å². The number of hydrogen-bond acceptors (Lipinski definition) is 6. The molecule has 0 saturated heterocycles. The Hall–Kier alpha value is -3.42. The van der Waals surface area contributed by atoms with Crippen LogP contribution in [-0.2, 0) is 0 Å². The minimum absolute atomic E-state index is 0.168. The second-order valence-electron chi connectivity index (χ2n) is 5.11. The molecule has 0 spiro atoms. The molecule has 0 radical (unpaired) electrons. The number of non-ortho nitro benzene ring substituents is 1. The van der Waals surface area contributed by atoms with Gasteiger partial charge in [0, 0.05) is 11.8 Å². The van der Waals surface area contributed by atoms with E-state index in [0.29, 0.717) is 18.0 Å². The molecule has 24 heavy (non-hydrogen) atoms. The van der Waals surface area contributed by atoms with Crippen LogP contribution in [-0.4, -0.2) is 16.5 Å². The van der Waals surface area contributed by atoms with Crippen molar-refractivity contribution in [2.75, 3.05) is 11.9 Å². The fourth-order valence-electron chi connectivity index (χ4n) is 1.89. The molecule has 0 bridgehead atoms. The summed E-state index contributed by atoms with van der Waals surface area (Å²) in [6, 6.07) is 10.2. The van der Waals surface area contributed by atoms with Gasteiger partial charge in [0.05, 0.1) is 15.9 Å². The van der Waals surface area contributed by atoms with Crippen LogP contribution in [0.5, 0.6) is 5.75 Å². The second-order valence-corrected chi connectivity index (χ2v) is 5.11. The van der Waals surface area contributed by atoms with Crippen molar-refractivity contribution >= 4 is 22.7 Å². The third-order valence-electron chi connectivity index (χ3n) is 3.01. The summed E-state index contributed by atoms with van der Waals surface area (Å²) >= 11 is 0. The summed E-state index contributed by atoms with van der Waals surface area (Å²) in [6.45, 7) is 5.99. The van der Waals surface area contributed by atoms with Gasteiger partial charge in [0.2, 0.25) is 0 Å². The highest BCUT2D eigenvalue weighted by Gasteiger charge is 2.19. The lowest BCUT2D eigenvalue weighted by molar-refractivity contribution is -0.393. The first-order valence-electron chi connectivity index (χ1n) is 6.94. The van der Waals surface area contributed by atoms with Crippen LogP contribution in [0.2, 0.25) is 0 Å². The maximum atomic E-state index is 11.1. The summed E-state index contributed by atoms with van der Waals surface area (Å²) in [6.07, 6.45) is 0. The van der Waals surface area contributed by atoms with E-state index in [1.807, 2.05) is 6.92 Å². The average molecular weight is 329 g/mol. The van der Waals surface area contributed by atoms with E-state index in [2.05, 4.69) is 11.9 Å². The number of nitrogens with zero attached hydrogens (tertiary/aromatic N) is 2. The predicted molar refractivity (Wildman–Crippen MR) is 89.8 cm³/mol. The van der Waals surface area contributed by atoms with Gasteiger partial charge in [-0.15, -0.1) is 0 Å². The van der Waals surface area contributed by atoms with Crippen molar-refractivity contribution in [1.29, 1.82) is 0 Å². The van der Waals surface area contributed by atoms with Crippen LogP contribution in [0.3, 0.4) is 0 Å². The van der Waals surface area contributed by atoms with Crippen molar-refractivity contribution in [2.24, 2.45) is 0 Å². The SMILES string of the molecule is C=C(C)COc1ccc(Nc2ccc([N+](=O)[O-])cc2[N+](=O)[O-])cc1. The van der Waals surface area contributed by atoms with Gasteiger partial charge in [-0.2, -0.15) is 0 Å². The Balaban J connectivity index is 2.19. The van der Waals surface area contributed by atoms with Gasteiger partial charge in [-0.05, 0) is 42.8 Å². The summed E-state index contributed by atoms with van der Waals surface area (Å²) in [5.74, 6) is 0.641. The predicted octanol–water partition coefficient (Wildman–Crippen LogP) is 4.20. The molecular formula is C16H15N3O5. The summed E-state index contributed by atoms with van der Waals surface area (Å²) in [5, 5.41) is 24.7. The Labute approximate surface area is 137 Å². The van der Waals surface area contributed by atoms with Crippen LogP contribution in [0.4, 0.5) is 22.7 Å². The maximum absolute atomic E-state index is 11.1. The highest BCUT2D eigenvalue weighted by molar-refractivity contribution is 5.71. The number of nitro benzene ring substituents is 2. The zero-order valence-electron chi connectivity index (χ0n) is 12.9. The van der Waals surface area contributed by atoms with E-state index in [1.54, 1.807) is 24.3 Å². The standard InChI is InChI=1S/C16H15N3O5/c1-11(2)10-24-14-6-3-12(4-7-14)17-15-8-5-13(18(20)21)9-16(15)19(22)23/h3-9,17H,1,10H2,2H3. The van der Waals surface area contributed by atoms with E-state index in [0.717, 1.165) is 11.6 Å². The number of rotatable bonds is 7. The van der Waals surface area contributed by atoms with Crippen molar-refractivity contribution in [3.05, 3.63) is 74.8 Å². The number of hydrogen-bond donors (Lipinski definition) is 1. The molecule has 0 aliphatic heterocycles. The normalized spacial score (nSPS) is 10.0. The molecule has 2 aromatic carbocycles. The second kappa shape index (κ2) is 7.23. The molecule has 0 unspecified atom stereocenters. The van der Waals surface area contributed by atoms with Crippen LogP contribution < -0.4 is 10.1 Å². The quantitative estimate of drug-likeness (QED) is 0.463. The van der Waals surface area contributed by atoms with E-state index in [4.69, 9.17) is 4.74 Å². The molecule has 0 saturated carbocycles. The lowest BCUT2D eigenvalue weighted by Gasteiger charge is -2.09. The van der Waals surface area contributed by atoms with E-state index in [9.17, 15) is 20.2 Å². The number of ether oxygens (including phenoxy) is 1. The zero-order valence-corrected chi connectivity index (χ0v) is 12.9. The first-order valence-corrected chi connectivity index (χ1v) is 6.94. The molecule has 8 heteroatoms. The Bertz CT molecular complexity index is 787. The van der Waals surface area contributed by atoms with Gasteiger partial charge >= 0.3 is 0 Å². The summed E-state index contributed by atoms with van der Waals surface area (Å²) in [7, 11) is 0. The first-order chi connectivity index (χ1) is 11.4. The maximum Gasteiger partial charge on any atom is 0.299 e. The molecule has 0 aliphatic rings. The number of anilines is 2. The monoisotopic (exact) mass is 329 g/mol. The number of nitro groups is 2. The molecule has 124 valence electrons. The topological polar surface area (TPSA) is 108 Å². The molecule has 2 aromatic rings. The fraction of sp³-hybridized carbons (Fsp3) is 0.125. The van der Waals surface area contributed by atoms with Crippen molar-refractivity contribution < 1.29 is 14.6 Å². The van der Waals surface area contributed by atoms with Gasteiger partial charge in [0.1, 0.15) is 18.0 Å². The van der Waals surface area contributed by atoms with Crippen LogP contribution >= 0.6 is 0 Å². The average Bonchev–Trinajstić information content (AvgIpc) is 2.54. The van der Waals surface area contributed by atoms with Crippen molar-refractivity contribution in [3.63, 3.8) is 0 Å². The fourth-order valence-corrected chi connectivity index (χ4v) is 1.89. The van der Waals surface area contributed by atoms with Gasteiger partial charge in [0.25, 0.3) is 11.4 Å². The lowest BCUT2D eigenvalue weighted by atomic mass is 10.2. The molecule has 0 heterocycles. The van der Waals surface area contributed by atoms with Gasteiger partial charge < -0.3 is 10.1 Å². The van der Waals surface area contributed by atoms with Gasteiger partial charge in [0.15, 0.2) is 0 Å². The van der Waals surface area contributed by atoms with Crippen molar-refractivity contribution in [2.45, 2.75) is 6.92 Å². The minimum Gasteiger partial charge on any atom is -0.489 e. The Morgan fingerprint density at radius 1 is 1.12 bits per heavy atom. The number of nitrogens with one attached hydrogen (secondary N) is 1. The van der Waals surface area contributed by atoms with Crippen molar-refractivity contribution in [3.8, 4) is 5.75 Å². The van der Waals surface area contributed by atoms with Crippen LogP contribution in [0.25, 0.3) is 0 Å². The Morgan fingerprint density at radius 3 is 2.33 bits per heavy atom. The third-order valence-corrected chi connectivity index (χ3v) is 3.01. The molecule has 0 aromatic heterocycles. The van der Waals surface area contributed by atoms with Gasteiger partial charge in [-0.25, -0.2) is 0 Å². The van der Waals surface area contributed by atoms with E-state index in [-0.39, 0.29) is 17.1 Å². The highest BCUT2D eigenvalue weighted by atomic mass is 16.6. The van der Waals surface area contributed by atoms with Gasteiger partial charge in [-0.1, -0.05) is 6.58 Å². The summed E-state index contributed by atoms with van der Waals surface area (Å²) in [4.78, 5) is 20.5. The lowest BCUT2D eigenvalue weighted by Crippen LogP contribution is -1.99. The van der Waals surface area contributed by atoms with Crippen LogP contribution in [0.1, 0.15) is 6.92 Å². The molecule has 2 rings (SSSR count). The first kappa shape index (κ1) is 16.9. The molecule has 0 aliphatic carbocycles. The number of benzene rings is 2. The molecule has 1 N–H and O–H groups in total. The minimum atomic E-state index is -0.676. The van der Waals surface area contributed by atoms with Crippen LogP contribution in [0, 0.1) is 20.2 Å². The zero-order chi connectivity index (χ0) is 17.7. The Morgan fingerprint density at radius 2 is 1.79 bits per heavy atom. The third kappa shape index (κ3) is 4.29. The van der Waals surface area contributed by atoms with Crippen LogP contribution in [0.15, 0.2) is 54.6 Å². The molecule has 0 atom stereocenters. The molecule has 8 nitrogen and oxygen atoms in total. The van der Waals surface area contributed by atoms with Gasteiger partial charge in [-0.3, -0.25) is 20.2 Å².